The number of rotatable bonds is 2. The third kappa shape index (κ3) is 2.55. The first kappa shape index (κ1) is 14.5. The Bertz CT molecular complexity index is 976. The van der Waals surface area contributed by atoms with Gasteiger partial charge in [-0.25, -0.2) is 9.97 Å². The number of pyridine rings is 1. The minimum Gasteiger partial charge on any atom is -0.402 e. The molecule has 0 radical (unpaired) electrons. The van der Waals surface area contributed by atoms with Crippen LogP contribution >= 0.6 is 0 Å². The van der Waals surface area contributed by atoms with Crippen molar-refractivity contribution in [2.24, 2.45) is 11.5 Å². The van der Waals surface area contributed by atoms with Gasteiger partial charge in [-0.15, -0.1) is 0 Å². The first-order chi connectivity index (χ1) is 11.6. The van der Waals surface area contributed by atoms with E-state index in [0.717, 1.165) is 27.9 Å². The lowest BCUT2D eigenvalue weighted by Crippen LogP contribution is -2.39. The molecular weight excluding hydrogens is 298 g/mol. The Hall–Kier alpha value is -3.05. The van der Waals surface area contributed by atoms with Gasteiger partial charge in [0.2, 0.25) is 0 Å². The highest BCUT2D eigenvalue weighted by atomic mass is 15.0. The Morgan fingerprint density at radius 2 is 1.96 bits per heavy atom. The van der Waals surface area contributed by atoms with Crippen LogP contribution in [0.4, 0.5) is 0 Å². The Morgan fingerprint density at radius 3 is 2.83 bits per heavy atom. The van der Waals surface area contributed by atoms with Crippen LogP contribution in [0.3, 0.4) is 0 Å². The number of fused-ring (bicyclic) bond motifs is 1. The van der Waals surface area contributed by atoms with Crippen LogP contribution in [0.25, 0.3) is 22.2 Å². The van der Waals surface area contributed by atoms with E-state index in [0.29, 0.717) is 12.2 Å². The Balaban J connectivity index is 1.77. The Morgan fingerprint density at radius 1 is 1.08 bits per heavy atom. The number of aromatic nitrogens is 3. The van der Waals surface area contributed by atoms with Crippen molar-refractivity contribution in [1.29, 1.82) is 0 Å². The highest BCUT2D eigenvalue weighted by Gasteiger charge is 2.30. The van der Waals surface area contributed by atoms with Gasteiger partial charge < -0.3 is 11.5 Å². The number of nitrogens with two attached hydrogens (primary N) is 2. The van der Waals surface area contributed by atoms with Gasteiger partial charge in [0.05, 0.1) is 11.2 Å². The van der Waals surface area contributed by atoms with Crippen LogP contribution < -0.4 is 11.5 Å². The SMILES string of the molecule is NC1=CC=CC(N)(c2nccc(-c3cnc4ccccc4c3)n2)C1. The summed E-state index contributed by atoms with van der Waals surface area (Å²) in [6.07, 6.45) is 9.64. The quantitative estimate of drug-likeness (QED) is 0.758. The zero-order chi connectivity index (χ0) is 16.6. The van der Waals surface area contributed by atoms with Gasteiger partial charge in [-0.1, -0.05) is 30.4 Å². The summed E-state index contributed by atoms with van der Waals surface area (Å²) in [6.45, 7) is 0. The number of benzene rings is 1. The second-order valence-electron chi connectivity index (χ2n) is 6.00. The summed E-state index contributed by atoms with van der Waals surface area (Å²) in [5.41, 5.74) is 15.0. The summed E-state index contributed by atoms with van der Waals surface area (Å²) in [7, 11) is 0. The number of allylic oxidation sites excluding steroid dienone is 2. The van der Waals surface area contributed by atoms with E-state index in [1.54, 1.807) is 6.20 Å². The van der Waals surface area contributed by atoms with E-state index >= 15 is 0 Å². The normalized spacial score (nSPS) is 20.1. The average Bonchev–Trinajstić information content (AvgIpc) is 2.61. The van der Waals surface area contributed by atoms with E-state index in [4.69, 9.17) is 11.5 Å². The largest absolute Gasteiger partial charge is 0.402 e. The fraction of sp³-hybridized carbons (Fsp3) is 0.105. The van der Waals surface area contributed by atoms with E-state index in [1.165, 1.54) is 0 Å². The molecule has 118 valence electrons. The van der Waals surface area contributed by atoms with Gasteiger partial charge in [0.1, 0.15) is 5.54 Å². The van der Waals surface area contributed by atoms with E-state index in [-0.39, 0.29) is 0 Å². The monoisotopic (exact) mass is 315 g/mol. The third-order valence-electron chi connectivity index (χ3n) is 4.16. The van der Waals surface area contributed by atoms with Crippen LogP contribution in [0, 0.1) is 0 Å². The Labute approximate surface area is 139 Å². The standard InChI is InChI=1S/C19H17N5/c20-15-5-3-8-19(21,11-15)18-22-9-7-17(24-18)14-10-13-4-1-2-6-16(13)23-12-14/h1-10,12H,11,20-21H2. The van der Waals surface area contributed by atoms with Crippen LogP contribution in [0.1, 0.15) is 12.2 Å². The topological polar surface area (TPSA) is 90.7 Å². The van der Waals surface area contributed by atoms with Crippen molar-refractivity contribution in [1.82, 2.24) is 15.0 Å². The van der Waals surface area contributed by atoms with Gasteiger partial charge in [-0.2, -0.15) is 0 Å². The molecule has 4 N–H and O–H groups in total. The molecule has 0 saturated carbocycles. The average molecular weight is 315 g/mol. The van der Waals surface area contributed by atoms with Crippen molar-refractivity contribution >= 4 is 10.9 Å². The van der Waals surface area contributed by atoms with Gasteiger partial charge in [0.25, 0.3) is 0 Å². The molecule has 3 aromatic rings. The molecule has 1 aromatic carbocycles. The molecule has 2 aromatic heterocycles. The molecule has 0 amide bonds. The van der Waals surface area contributed by atoms with Crippen LogP contribution in [-0.4, -0.2) is 15.0 Å². The second-order valence-corrected chi connectivity index (χ2v) is 6.00. The molecule has 2 heterocycles. The van der Waals surface area contributed by atoms with Crippen molar-refractivity contribution in [3.8, 4) is 11.3 Å². The molecule has 1 atom stereocenters. The molecule has 1 unspecified atom stereocenters. The predicted molar refractivity (Wildman–Crippen MR) is 94.7 cm³/mol. The van der Waals surface area contributed by atoms with Gasteiger partial charge in [-0.05, 0) is 24.3 Å². The smallest absolute Gasteiger partial charge is 0.153 e. The van der Waals surface area contributed by atoms with Gasteiger partial charge in [0, 0.05) is 35.5 Å². The zero-order valence-corrected chi connectivity index (χ0v) is 13.1. The van der Waals surface area contributed by atoms with Crippen molar-refractivity contribution in [3.63, 3.8) is 0 Å². The molecule has 4 rings (SSSR count). The molecule has 1 aliphatic rings. The first-order valence-electron chi connectivity index (χ1n) is 7.75. The fourth-order valence-electron chi connectivity index (χ4n) is 2.91. The Kier molecular flexibility index (Phi) is 3.36. The molecule has 1 aliphatic carbocycles. The number of nitrogens with zero attached hydrogens (tertiary/aromatic N) is 3. The maximum Gasteiger partial charge on any atom is 0.153 e. The first-order valence-corrected chi connectivity index (χ1v) is 7.75. The molecule has 5 heteroatoms. The van der Waals surface area contributed by atoms with E-state index < -0.39 is 5.54 Å². The lowest BCUT2D eigenvalue weighted by molar-refractivity contribution is 0.510. The molecule has 0 aliphatic heterocycles. The van der Waals surface area contributed by atoms with Gasteiger partial charge >= 0.3 is 0 Å². The second kappa shape index (κ2) is 5.54. The fourth-order valence-corrected chi connectivity index (χ4v) is 2.91. The number of hydrogen-bond acceptors (Lipinski definition) is 5. The maximum atomic E-state index is 6.46. The summed E-state index contributed by atoms with van der Waals surface area (Å²) in [6, 6.07) is 11.9. The highest BCUT2D eigenvalue weighted by Crippen LogP contribution is 2.28. The number of para-hydroxylation sites is 1. The van der Waals surface area contributed by atoms with E-state index in [2.05, 4.69) is 21.0 Å². The van der Waals surface area contributed by atoms with Crippen molar-refractivity contribution in [2.75, 3.05) is 0 Å². The molecule has 0 spiro atoms. The van der Waals surface area contributed by atoms with Crippen molar-refractivity contribution in [2.45, 2.75) is 12.0 Å². The van der Waals surface area contributed by atoms with Crippen LogP contribution in [0.15, 0.2) is 72.7 Å². The third-order valence-corrected chi connectivity index (χ3v) is 4.16. The highest BCUT2D eigenvalue weighted by molar-refractivity contribution is 5.82. The summed E-state index contributed by atoms with van der Waals surface area (Å²) >= 11 is 0. The van der Waals surface area contributed by atoms with Crippen molar-refractivity contribution in [3.05, 3.63) is 78.5 Å². The molecular formula is C19H17N5. The van der Waals surface area contributed by atoms with Crippen molar-refractivity contribution < 1.29 is 0 Å². The van der Waals surface area contributed by atoms with Gasteiger partial charge in [0.15, 0.2) is 5.82 Å². The summed E-state index contributed by atoms with van der Waals surface area (Å²) < 4.78 is 0. The molecule has 24 heavy (non-hydrogen) atoms. The zero-order valence-electron chi connectivity index (χ0n) is 13.1. The van der Waals surface area contributed by atoms with Crippen LogP contribution in [-0.2, 0) is 5.54 Å². The molecule has 0 saturated heterocycles. The van der Waals surface area contributed by atoms with E-state index in [9.17, 15) is 0 Å². The van der Waals surface area contributed by atoms with E-state index in [1.807, 2.05) is 54.8 Å². The predicted octanol–water partition coefficient (Wildman–Crippen LogP) is 2.65. The molecule has 0 bridgehead atoms. The molecule has 5 nitrogen and oxygen atoms in total. The summed E-state index contributed by atoms with van der Waals surface area (Å²) in [5, 5.41) is 1.07. The summed E-state index contributed by atoms with van der Waals surface area (Å²) in [5.74, 6) is 0.556. The minimum absolute atomic E-state index is 0.503. The minimum atomic E-state index is -0.779. The van der Waals surface area contributed by atoms with Crippen LogP contribution in [0.5, 0.6) is 0 Å². The summed E-state index contributed by atoms with van der Waals surface area (Å²) in [4.78, 5) is 13.5. The number of hydrogen-bond donors (Lipinski definition) is 2. The van der Waals surface area contributed by atoms with Crippen LogP contribution in [0.2, 0.25) is 0 Å². The van der Waals surface area contributed by atoms with Gasteiger partial charge in [-0.3, -0.25) is 4.98 Å². The lowest BCUT2D eigenvalue weighted by atomic mass is 9.89. The molecule has 0 fully saturated rings. The lowest BCUT2D eigenvalue weighted by Gasteiger charge is -2.26. The maximum absolute atomic E-state index is 6.46.